The number of Topliss-reactive ketones (excluding diaryl/α,β-unsaturated/α-hetero) is 1. The Hall–Kier alpha value is -1.99. The van der Waals surface area contributed by atoms with E-state index in [1.807, 2.05) is 0 Å². The Morgan fingerprint density at radius 1 is 1.33 bits per heavy atom. The number of nitrogens with one attached hydrogen (secondary N) is 1. The van der Waals surface area contributed by atoms with E-state index in [2.05, 4.69) is 20.5 Å². The molecule has 8 heteroatoms. The van der Waals surface area contributed by atoms with Crippen LogP contribution in [-0.4, -0.2) is 28.8 Å². The van der Waals surface area contributed by atoms with Crippen molar-refractivity contribution in [3.05, 3.63) is 46.6 Å². The average molecular weight is 321 g/mol. The van der Waals surface area contributed by atoms with Crippen LogP contribution in [0.3, 0.4) is 0 Å². The Balaban J connectivity index is 1.64. The Labute approximate surface area is 129 Å². The molecule has 0 saturated carbocycles. The summed E-state index contributed by atoms with van der Waals surface area (Å²) in [6, 6.07) is 6.65. The number of azo groups is 1. The first-order valence-corrected chi connectivity index (χ1v) is 7.40. The Morgan fingerprint density at radius 3 is 2.86 bits per heavy atom. The number of carbonyl (C=O) groups is 2. The predicted molar refractivity (Wildman–Crippen MR) is 80.5 cm³/mol. The van der Waals surface area contributed by atoms with Crippen molar-refractivity contribution in [3.8, 4) is 0 Å². The molecule has 0 aliphatic carbocycles. The molecule has 1 aromatic rings. The van der Waals surface area contributed by atoms with E-state index in [0.717, 1.165) is 11.8 Å². The minimum atomic E-state index is -0.577. The highest BCUT2D eigenvalue weighted by Gasteiger charge is 2.29. The van der Waals surface area contributed by atoms with Gasteiger partial charge in [0.2, 0.25) is 0 Å². The molecule has 0 spiro atoms. The van der Waals surface area contributed by atoms with E-state index < -0.39 is 6.17 Å². The van der Waals surface area contributed by atoms with Crippen molar-refractivity contribution in [3.63, 3.8) is 0 Å². The van der Waals surface area contributed by atoms with E-state index in [9.17, 15) is 9.59 Å². The molecule has 0 radical (unpaired) electrons. The van der Waals surface area contributed by atoms with Crippen LogP contribution in [0.5, 0.6) is 0 Å². The molecule has 3 rings (SSSR count). The van der Waals surface area contributed by atoms with Gasteiger partial charge in [-0.1, -0.05) is 23.4 Å². The van der Waals surface area contributed by atoms with Crippen molar-refractivity contribution in [2.75, 3.05) is 5.75 Å². The van der Waals surface area contributed by atoms with Crippen LogP contribution in [0.4, 0.5) is 0 Å². The van der Waals surface area contributed by atoms with Gasteiger partial charge in [0.05, 0.1) is 17.5 Å². The highest BCUT2D eigenvalue weighted by atomic mass is 35.5. The molecule has 21 heavy (non-hydrogen) atoms. The maximum Gasteiger partial charge on any atom is 0.258 e. The van der Waals surface area contributed by atoms with Crippen LogP contribution >= 0.6 is 23.4 Å². The van der Waals surface area contributed by atoms with Crippen LogP contribution in [0, 0.1) is 0 Å². The Kier molecular flexibility index (Phi) is 3.85. The van der Waals surface area contributed by atoms with Crippen LogP contribution in [-0.2, 0) is 4.79 Å². The zero-order valence-corrected chi connectivity index (χ0v) is 12.2. The number of benzene rings is 1. The highest BCUT2D eigenvalue weighted by molar-refractivity contribution is 8.14. The standard InChI is InChI=1S/C13H9ClN4O2S/c14-8-3-1-7(2-4-8)10(19)6-21-13-16-11-9(5-15-18-11)12(20)17-13/h1-5,11H,6H2,(H,16,17,20). The van der Waals surface area contributed by atoms with Gasteiger partial charge in [0.25, 0.3) is 5.91 Å². The van der Waals surface area contributed by atoms with Gasteiger partial charge in [-0.25, -0.2) is 4.99 Å². The van der Waals surface area contributed by atoms with E-state index in [-0.39, 0.29) is 17.4 Å². The maximum atomic E-state index is 12.0. The molecular formula is C13H9ClN4O2S. The van der Waals surface area contributed by atoms with Crippen molar-refractivity contribution >= 4 is 40.2 Å². The molecule has 0 fully saturated rings. The van der Waals surface area contributed by atoms with Crippen molar-refractivity contribution in [1.82, 2.24) is 5.32 Å². The van der Waals surface area contributed by atoms with Gasteiger partial charge in [-0.3, -0.25) is 9.59 Å². The fraction of sp³-hybridized carbons (Fsp3) is 0.154. The van der Waals surface area contributed by atoms with E-state index in [0.29, 0.717) is 21.3 Å². The van der Waals surface area contributed by atoms with Crippen LogP contribution in [0.1, 0.15) is 10.4 Å². The van der Waals surface area contributed by atoms with Gasteiger partial charge in [-0.05, 0) is 24.3 Å². The van der Waals surface area contributed by atoms with Gasteiger partial charge in [0.15, 0.2) is 17.1 Å². The van der Waals surface area contributed by atoms with Gasteiger partial charge in [0.1, 0.15) is 0 Å². The second-order valence-corrected chi connectivity index (χ2v) is 5.70. The number of amides is 1. The van der Waals surface area contributed by atoms with Gasteiger partial charge in [-0.2, -0.15) is 10.2 Å². The van der Waals surface area contributed by atoms with E-state index in [4.69, 9.17) is 11.6 Å². The summed E-state index contributed by atoms with van der Waals surface area (Å²) in [7, 11) is 0. The molecular weight excluding hydrogens is 312 g/mol. The summed E-state index contributed by atoms with van der Waals surface area (Å²) in [5.41, 5.74) is 0.985. The summed E-state index contributed by atoms with van der Waals surface area (Å²) in [6.45, 7) is 0. The number of hydrogen-bond donors (Lipinski definition) is 1. The van der Waals surface area contributed by atoms with Gasteiger partial charge in [-0.15, -0.1) is 0 Å². The molecule has 1 N–H and O–H groups in total. The van der Waals surface area contributed by atoms with E-state index >= 15 is 0 Å². The minimum absolute atomic E-state index is 0.0667. The van der Waals surface area contributed by atoms with Crippen molar-refractivity contribution in [2.45, 2.75) is 6.17 Å². The molecule has 2 aliphatic rings. The summed E-state index contributed by atoms with van der Waals surface area (Å²) in [6.07, 6.45) is 0.816. The number of ketones is 1. The number of amidine groups is 1. The fourth-order valence-electron chi connectivity index (χ4n) is 1.80. The number of thioether (sulfide) groups is 1. The molecule has 0 bridgehead atoms. The zero-order valence-electron chi connectivity index (χ0n) is 10.6. The first kappa shape index (κ1) is 14.0. The molecule has 1 aromatic carbocycles. The molecule has 106 valence electrons. The lowest BCUT2D eigenvalue weighted by Gasteiger charge is -2.16. The SMILES string of the molecule is O=C1NC(SCC(=O)c2ccc(Cl)cc2)=NC2N=NC=C12. The molecule has 0 aromatic heterocycles. The molecule has 2 heterocycles. The fourth-order valence-corrected chi connectivity index (χ4v) is 2.70. The lowest BCUT2D eigenvalue weighted by molar-refractivity contribution is -0.116. The molecule has 1 unspecified atom stereocenters. The second-order valence-electron chi connectivity index (χ2n) is 4.30. The third-order valence-corrected chi connectivity index (χ3v) is 4.02. The number of carbonyl (C=O) groups excluding carboxylic acids is 2. The summed E-state index contributed by atoms with van der Waals surface area (Å²) >= 11 is 6.94. The van der Waals surface area contributed by atoms with Crippen LogP contribution in [0.25, 0.3) is 0 Å². The van der Waals surface area contributed by atoms with Crippen molar-refractivity contribution in [1.29, 1.82) is 0 Å². The second kappa shape index (κ2) is 5.79. The monoisotopic (exact) mass is 320 g/mol. The third kappa shape index (κ3) is 3.03. The van der Waals surface area contributed by atoms with E-state index in [1.54, 1.807) is 24.3 Å². The number of nitrogens with zero attached hydrogens (tertiary/aromatic N) is 3. The highest BCUT2D eigenvalue weighted by Crippen LogP contribution is 2.22. The lowest BCUT2D eigenvalue weighted by atomic mass is 10.1. The topological polar surface area (TPSA) is 83.2 Å². The number of fused-ring (bicyclic) bond motifs is 1. The largest absolute Gasteiger partial charge is 0.301 e. The zero-order chi connectivity index (χ0) is 14.8. The van der Waals surface area contributed by atoms with Crippen LogP contribution in [0.15, 0.2) is 51.3 Å². The first-order valence-electron chi connectivity index (χ1n) is 6.04. The van der Waals surface area contributed by atoms with E-state index in [1.165, 1.54) is 6.20 Å². The molecule has 6 nitrogen and oxygen atoms in total. The number of hydrogen-bond acceptors (Lipinski definition) is 6. The number of rotatable bonds is 3. The quantitative estimate of drug-likeness (QED) is 0.868. The maximum absolute atomic E-state index is 12.0. The lowest BCUT2D eigenvalue weighted by Crippen LogP contribution is -2.38. The molecule has 1 atom stereocenters. The normalized spacial score (nSPS) is 19.7. The summed E-state index contributed by atoms with van der Waals surface area (Å²) in [5, 5.41) is 11.1. The smallest absolute Gasteiger partial charge is 0.258 e. The molecule has 2 aliphatic heterocycles. The minimum Gasteiger partial charge on any atom is -0.301 e. The summed E-state index contributed by atoms with van der Waals surface area (Å²) < 4.78 is 0. The number of halogens is 1. The van der Waals surface area contributed by atoms with Crippen molar-refractivity contribution in [2.24, 2.45) is 15.2 Å². The summed E-state index contributed by atoms with van der Waals surface area (Å²) in [5.74, 6) is -0.173. The first-order chi connectivity index (χ1) is 10.1. The Bertz CT molecular complexity index is 697. The van der Waals surface area contributed by atoms with Gasteiger partial charge >= 0.3 is 0 Å². The molecule has 1 amide bonds. The average Bonchev–Trinajstić information content (AvgIpc) is 2.94. The van der Waals surface area contributed by atoms with Crippen molar-refractivity contribution < 1.29 is 9.59 Å². The van der Waals surface area contributed by atoms with Crippen LogP contribution < -0.4 is 5.32 Å². The summed E-state index contributed by atoms with van der Waals surface area (Å²) in [4.78, 5) is 28.0. The predicted octanol–water partition coefficient (Wildman–Crippen LogP) is 2.42. The molecule has 0 saturated heterocycles. The van der Waals surface area contributed by atoms with Crippen LogP contribution in [0.2, 0.25) is 5.02 Å². The third-order valence-electron chi connectivity index (χ3n) is 2.88. The Morgan fingerprint density at radius 2 is 2.10 bits per heavy atom. The van der Waals surface area contributed by atoms with Gasteiger partial charge in [0, 0.05) is 10.6 Å². The van der Waals surface area contributed by atoms with Gasteiger partial charge < -0.3 is 5.32 Å². The number of aliphatic imine (C=N–C) groups is 1.